The van der Waals surface area contributed by atoms with Crippen LogP contribution in [-0.2, 0) is 4.74 Å². The van der Waals surface area contributed by atoms with Gasteiger partial charge in [0, 0.05) is 19.7 Å². The minimum absolute atomic E-state index is 0.263. The van der Waals surface area contributed by atoms with Crippen LogP contribution in [0.15, 0.2) is 18.2 Å². The third-order valence-corrected chi connectivity index (χ3v) is 3.87. The molecule has 2 rings (SSSR count). The van der Waals surface area contributed by atoms with Gasteiger partial charge in [0.25, 0.3) is 0 Å². The molecule has 1 aliphatic heterocycles. The van der Waals surface area contributed by atoms with Gasteiger partial charge in [0.1, 0.15) is 6.61 Å². The van der Waals surface area contributed by atoms with Crippen molar-refractivity contribution in [2.75, 3.05) is 38.2 Å². The quantitative estimate of drug-likeness (QED) is 0.780. The summed E-state index contributed by atoms with van der Waals surface area (Å²) in [5.74, 6) is 0.430. The summed E-state index contributed by atoms with van der Waals surface area (Å²) in [7, 11) is 0. The molecule has 1 saturated heterocycles. The number of likely N-dealkylation sites (tertiary alicyclic amines) is 1. The van der Waals surface area contributed by atoms with Crippen molar-refractivity contribution in [3.8, 4) is 5.75 Å². The Bertz CT molecular complexity index is 527. The first-order valence-corrected chi connectivity index (χ1v) is 8.22. The highest BCUT2D eigenvalue weighted by Gasteiger charge is 2.23. The first kappa shape index (κ1) is 17.8. The molecule has 0 spiro atoms. The maximum atomic E-state index is 12.3. The molecule has 0 saturated carbocycles. The van der Waals surface area contributed by atoms with E-state index in [1.54, 1.807) is 23.1 Å². The van der Waals surface area contributed by atoms with Gasteiger partial charge in [-0.3, -0.25) is 0 Å². The Kier molecular flexibility index (Phi) is 6.95. The van der Waals surface area contributed by atoms with Gasteiger partial charge in [-0.1, -0.05) is 17.7 Å². The van der Waals surface area contributed by atoms with Crippen LogP contribution in [0, 0.1) is 0 Å². The Balaban J connectivity index is 2.00. The lowest BCUT2D eigenvalue weighted by atomic mass is 10.1. The van der Waals surface area contributed by atoms with Crippen molar-refractivity contribution in [3.63, 3.8) is 0 Å². The highest BCUT2D eigenvalue weighted by molar-refractivity contribution is 6.32. The highest BCUT2D eigenvalue weighted by atomic mass is 35.5. The van der Waals surface area contributed by atoms with Gasteiger partial charge < -0.3 is 24.8 Å². The number of carbonyl (C=O) groups is 1. The average molecular weight is 343 g/mol. The number of urea groups is 1. The number of β-amino-alcohol motifs (C(OH)–C–C–N with tert-alkyl or cyclic N) is 1. The van der Waals surface area contributed by atoms with E-state index in [4.69, 9.17) is 21.1 Å². The van der Waals surface area contributed by atoms with E-state index in [0.29, 0.717) is 49.4 Å². The largest absolute Gasteiger partial charge is 0.487 e. The van der Waals surface area contributed by atoms with E-state index in [1.165, 1.54) is 0 Å². The van der Waals surface area contributed by atoms with Gasteiger partial charge >= 0.3 is 6.03 Å². The number of piperidine rings is 1. The van der Waals surface area contributed by atoms with Crippen LogP contribution < -0.4 is 10.1 Å². The molecule has 1 heterocycles. The number of aliphatic hydroxyl groups is 1. The van der Waals surface area contributed by atoms with Crippen LogP contribution in [-0.4, -0.2) is 55.1 Å². The number of benzene rings is 1. The van der Waals surface area contributed by atoms with E-state index in [9.17, 15) is 9.90 Å². The predicted octanol–water partition coefficient (Wildman–Crippen LogP) is 2.74. The van der Waals surface area contributed by atoms with Crippen molar-refractivity contribution in [1.29, 1.82) is 0 Å². The number of ether oxygens (including phenoxy) is 2. The number of para-hydroxylation sites is 1. The number of anilines is 1. The first-order valence-electron chi connectivity index (χ1n) is 7.85. The van der Waals surface area contributed by atoms with Crippen molar-refractivity contribution in [2.45, 2.75) is 25.9 Å². The first-order chi connectivity index (χ1) is 11.1. The summed E-state index contributed by atoms with van der Waals surface area (Å²) >= 11 is 6.16. The van der Waals surface area contributed by atoms with Gasteiger partial charge in [-0.15, -0.1) is 0 Å². The summed E-state index contributed by atoms with van der Waals surface area (Å²) < 4.78 is 10.9. The second-order valence-corrected chi connectivity index (χ2v) is 5.74. The molecule has 0 aromatic heterocycles. The zero-order valence-corrected chi connectivity index (χ0v) is 14.0. The standard InChI is InChI=1S/C16H23ClN2O4/c1-2-22-9-10-23-15-13(17)6-3-7-14(15)18-16(21)19-8-4-5-12(20)11-19/h3,6-7,12,20H,2,4-5,8-11H2,1H3,(H,18,21)/t12-/m1/s1. The second kappa shape index (κ2) is 8.96. The fraction of sp³-hybridized carbons (Fsp3) is 0.562. The van der Waals surface area contributed by atoms with Crippen molar-refractivity contribution in [1.82, 2.24) is 4.90 Å². The second-order valence-electron chi connectivity index (χ2n) is 5.33. The van der Waals surface area contributed by atoms with Crippen LogP contribution in [0.3, 0.4) is 0 Å². The van der Waals surface area contributed by atoms with Crippen molar-refractivity contribution < 1.29 is 19.4 Å². The van der Waals surface area contributed by atoms with Gasteiger partial charge in [0.15, 0.2) is 5.75 Å². The zero-order valence-electron chi connectivity index (χ0n) is 13.3. The van der Waals surface area contributed by atoms with Crippen molar-refractivity contribution >= 4 is 23.3 Å². The number of hydrogen-bond acceptors (Lipinski definition) is 4. The molecule has 1 aromatic rings. The molecular formula is C16H23ClN2O4. The summed E-state index contributed by atoms with van der Waals surface area (Å²) in [4.78, 5) is 13.9. The lowest BCUT2D eigenvalue weighted by molar-refractivity contribution is 0.0883. The minimum atomic E-state index is -0.462. The Morgan fingerprint density at radius 3 is 3.04 bits per heavy atom. The van der Waals surface area contributed by atoms with Gasteiger partial charge in [0.05, 0.1) is 23.4 Å². The molecule has 0 aliphatic carbocycles. The number of aliphatic hydroxyl groups excluding tert-OH is 1. The Morgan fingerprint density at radius 1 is 1.48 bits per heavy atom. The predicted molar refractivity (Wildman–Crippen MR) is 89.3 cm³/mol. The highest BCUT2D eigenvalue weighted by Crippen LogP contribution is 2.33. The van der Waals surface area contributed by atoms with Crippen LogP contribution in [0.5, 0.6) is 5.75 Å². The van der Waals surface area contributed by atoms with E-state index < -0.39 is 6.10 Å². The summed E-state index contributed by atoms with van der Waals surface area (Å²) in [6, 6.07) is 4.93. The SMILES string of the molecule is CCOCCOc1c(Cl)cccc1NC(=O)N1CCC[C@@H](O)C1. The lowest BCUT2D eigenvalue weighted by Gasteiger charge is -2.30. The van der Waals surface area contributed by atoms with Gasteiger partial charge in [0.2, 0.25) is 0 Å². The van der Waals surface area contributed by atoms with E-state index >= 15 is 0 Å². The fourth-order valence-corrected chi connectivity index (χ4v) is 2.66. The number of rotatable bonds is 6. The van der Waals surface area contributed by atoms with Gasteiger partial charge in [-0.05, 0) is 31.9 Å². The molecule has 2 N–H and O–H groups in total. The lowest BCUT2D eigenvalue weighted by Crippen LogP contribution is -2.44. The third kappa shape index (κ3) is 5.27. The number of carbonyl (C=O) groups excluding carboxylic acids is 1. The van der Waals surface area contributed by atoms with Crippen LogP contribution in [0.2, 0.25) is 5.02 Å². The molecule has 1 aromatic carbocycles. The van der Waals surface area contributed by atoms with Crippen LogP contribution in [0.4, 0.5) is 10.5 Å². The topological polar surface area (TPSA) is 71.0 Å². The van der Waals surface area contributed by atoms with E-state index in [-0.39, 0.29) is 6.03 Å². The van der Waals surface area contributed by atoms with E-state index in [1.807, 2.05) is 6.92 Å². The van der Waals surface area contributed by atoms with Crippen LogP contribution in [0.25, 0.3) is 0 Å². The molecule has 1 atom stereocenters. The Morgan fingerprint density at radius 2 is 2.30 bits per heavy atom. The summed E-state index contributed by atoms with van der Waals surface area (Å²) in [6.07, 6.45) is 1.06. The van der Waals surface area contributed by atoms with Crippen LogP contribution in [0.1, 0.15) is 19.8 Å². The van der Waals surface area contributed by atoms with Crippen molar-refractivity contribution in [2.24, 2.45) is 0 Å². The molecule has 1 aliphatic rings. The number of nitrogens with one attached hydrogen (secondary N) is 1. The molecule has 128 valence electrons. The molecule has 2 amide bonds. The maximum Gasteiger partial charge on any atom is 0.322 e. The van der Waals surface area contributed by atoms with Crippen molar-refractivity contribution in [3.05, 3.63) is 23.2 Å². The number of halogens is 1. The van der Waals surface area contributed by atoms with E-state index in [2.05, 4.69) is 5.32 Å². The maximum absolute atomic E-state index is 12.3. The summed E-state index contributed by atoms with van der Waals surface area (Å²) in [6.45, 7) is 4.30. The third-order valence-electron chi connectivity index (χ3n) is 3.57. The average Bonchev–Trinajstić information content (AvgIpc) is 2.53. The molecule has 0 unspecified atom stereocenters. The molecule has 1 fully saturated rings. The molecule has 6 nitrogen and oxygen atoms in total. The summed E-state index contributed by atoms with van der Waals surface area (Å²) in [5, 5.41) is 12.9. The number of nitrogens with zero attached hydrogens (tertiary/aromatic N) is 1. The summed E-state index contributed by atoms with van der Waals surface area (Å²) in [5.41, 5.74) is 0.513. The Labute approximate surface area is 141 Å². The molecule has 23 heavy (non-hydrogen) atoms. The Hall–Kier alpha value is -1.50. The van der Waals surface area contributed by atoms with Gasteiger partial charge in [-0.25, -0.2) is 4.79 Å². The van der Waals surface area contributed by atoms with Gasteiger partial charge in [-0.2, -0.15) is 0 Å². The fourth-order valence-electron chi connectivity index (χ4n) is 2.43. The van der Waals surface area contributed by atoms with E-state index in [0.717, 1.165) is 12.8 Å². The smallest absolute Gasteiger partial charge is 0.322 e. The normalized spacial score (nSPS) is 17.9. The van der Waals surface area contributed by atoms with Crippen LogP contribution >= 0.6 is 11.6 Å². The monoisotopic (exact) mass is 342 g/mol. The zero-order chi connectivity index (χ0) is 16.7. The number of hydrogen-bond donors (Lipinski definition) is 2. The number of amides is 2. The molecular weight excluding hydrogens is 320 g/mol. The minimum Gasteiger partial charge on any atom is -0.487 e. The molecule has 0 radical (unpaired) electrons. The molecule has 0 bridgehead atoms. The molecule has 7 heteroatoms.